The minimum Gasteiger partial charge on any atom is -0.504 e. The van der Waals surface area contributed by atoms with Crippen LogP contribution in [-0.4, -0.2) is 28.9 Å². The molecule has 0 aliphatic heterocycles. The van der Waals surface area contributed by atoms with Crippen molar-refractivity contribution in [1.82, 2.24) is 5.43 Å². The molecule has 0 saturated carbocycles. The summed E-state index contributed by atoms with van der Waals surface area (Å²) >= 11 is 6.40. The number of hydrogen-bond acceptors (Lipinski definition) is 5. The van der Waals surface area contributed by atoms with Gasteiger partial charge in [-0.1, -0.05) is 22.0 Å². The number of amides is 1. The third-order valence-corrected chi connectivity index (χ3v) is 3.73. The van der Waals surface area contributed by atoms with Crippen LogP contribution in [0.1, 0.15) is 5.56 Å². The van der Waals surface area contributed by atoms with Crippen LogP contribution in [0.2, 0.25) is 0 Å². The summed E-state index contributed by atoms with van der Waals surface area (Å²) in [7, 11) is 0. The molecular formula is C15H12Br2N2O4. The molecule has 23 heavy (non-hydrogen) atoms. The number of halogens is 2. The second-order valence-electron chi connectivity index (χ2n) is 4.41. The van der Waals surface area contributed by atoms with Crippen LogP contribution in [0.4, 0.5) is 0 Å². The van der Waals surface area contributed by atoms with Crippen molar-refractivity contribution in [2.24, 2.45) is 5.10 Å². The molecule has 6 nitrogen and oxygen atoms in total. The number of hydrogen-bond donors (Lipinski definition) is 3. The van der Waals surface area contributed by atoms with Crippen LogP contribution >= 0.6 is 31.9 Å². The van der Waals surface area contributed by atoms with Crippen molar-refractivity contribution in [3.8, 4) is 17.2 Å². The first kappa shape index (κ1) is 17.3. The number of aromatic hydroxyl groups is 2. The number of benzene rings is 2. The Morgan fingerprint density at radius 3 is 2.74 bits per heavy atom. The predicted octanol–water partition coefficient (Wildman–Crippen LogP) is 3.15. The normalized spacial score (nSPS) is 10.7. The number of phenolic OH excluding ortho intramolecular Hbond substituents is 2. The largest absolute Gasteiger partial charge is 0.504 e. The van der Waals surface area contributed by atoms with Gasteiger partial charge in [0, 0.05) is 4.47 Å². The van der Waals surface area contributed by atoms with Gasteiger partial charge in [0.25, 0.3) is 5.91 Å². The second-order valence-corrected chi connectivity index (χ2v) is 6.18. The van der Waals surface area contributed by atoms with Gasteiger partial charge in [-0.25, -0.2) is 5.43 Å². The van der Waals surface area contributed by atoms with Gasteiger partial charge >= 0.3 is 0 Å². The van der Waals surface area contributed by atoms with Crippen molar-refractivity contribution in [2.75, 3.05) is 6.61 Å². The number of carbonyl (C=O) groups excluding carboxylic acids is 1. The van der Waals surface area contributed by atoms with Crippen LogP contribution < -0.4 is 10.2 Å². The first-order valence-corrected chi connectivity index (χ1v) is 7.96. The molecule has 0 radical (unpaired) electrons. The lowest BCUT2D eigenvalue weighted by molar-refractivity contribution is -0.123. The zero-order valence-electron chi connectivity index (χ0n) is 11.7. The summed E-state index contributed by atoms with van der Waals surface area (Å²) in [5.74, 6) is -0.409. The highest BCUT2D eigenvalue weighted by Gasteiger charge is 2.06. The molecule has 0 saturated heterocycles. The van der Waals surface area contributed by atoms with Crippen molar-refractivity contribution in [3.05, 3.63) is 50.9 Å². The van der Waals surface area contributed by atoms with Crippen LogP contribution in [0, 0.1) is 0 Å². The standard InChI is InChI=1S/C15H12Br2N2O4/c16-10-2-1-3-11(6-10)23-8-14(21)19-18-7-9-4-12(17)15(22)13(20)5-9/h1-7,20,22H,8H2,(H,19,21)/b18-7-. The fourth-order valence-electron chi connectivity index (χ4n) is 1.60. The number of phenols is 2. The molecule has 8 heteroatoms. The van der Waals surface area contributed by atoms with E-state index in [9.17, 15) is 15.0 Å². The van der Waals surface area contributed by atoms with E-state index in [0.29, 0.717) is 15.8 Å². The minimum absolute atomic E-state index is 0.182. The maximum absolute atomic E-state index is 11.6. The number of nitrogens with zero attached hydrogens (tertiary/aromatic N) is 1. The highest BCUT2D eigenvalue weighted by molar-refractivity contribution is 9.10. The number of ether oxygens (including phenoxy) is 1. The lowest BCUT2D eigenvalue weighted by atomic mass is 10.2. The molecule has 0 heterocycles. The molecule has 3 N–H and O–H groups in total. The quantitative estimate of drug-likeness (QED) is 0.376. The van der Waals surface area contributed by atoms with E-state index in [1.54, 1.807) is 24.3 Å². The molecule has 120 valence electrons. The zero-order chi connectivity index (χ0) is 16.8. The number of rotatable bonds is 5. The monoisotopic (exact) mass is 442 g/mol. The van der Waals surface area contributed by atoms with Gasteiger partial charge in [0.2, 0.25) is 0 Å². The maximum atomic E-state index is 11.6. The summed E-state index contributed by atoms with van der Waals surface area (Å²) < 4.78 is 6.48. The Kier molecular flexibility index (Phi) is 6.00. The van der Waals surface area contributed by atoms with E-state index in [0.717, 1.165) is 4.47 Å². The van der Waals surface area contributed by atoms with Crippen molar-refractivity contribution in [2.45, 2.75) is 0 Å². The number of nitrogens with one attached hydrogen (secondary N) is 1. The summed E-state index contributed by atoms with van der Waals surface area (Å²) in [5.41, 5.74) is 2.80. The van der Waals surface area contributed by atoms with E-state index in [-0.39, 0.29) is 18.1 Å². The summed E-state index contributed by atoms with van der Waals surface area (Å²) in [4.78, 5) is 11.6. The Morgan fingerprint density at radius 2 is 2.04 bits per heavy atom. The van der Waals surface area contributed by atoms with Crippen LogP contribution in [0.25, 0.3) is 0 Å². The maximum Gasteiger partial charge on any atom is 0.277 e. The van der Waals surface area contributed by atoms with Crippen LogP contribution in [0.15, 0.2) is 50.4 Å². The first-order valence-electron chi connectivity index (χ1n) is 6.37. The van der Waals surface area contributed by atoms with E-state index in [1.807, 2.05) is 6.07 Å². The third-order valence-electron chi connectivity index (χ3n) is 2.63. The van der Waals surface area contributed by atoms with Crippen LogP contribution in [0.5, 0.6) is 17.2 Å². The lowest BCUT2D eigenvalue weighted by Gasteiger charge is -2.05. The average molecular weight is 444 g/mol. The van der Waals surface area contributed by atoms with Crippen molar-refractivity contribution in [1.29, 1.82) is 0 Å². The molecule has 0 bridgehead atoms. The van der Waals surface area contributed by atoms with Gasteiger partial charge in [0.1, 0.15) is 5.75 Å². The Morgan fingerprint density at radius 1 is 1.26 bits per heavy atom. The van der Waals surface area contributed by atoms with E-state index < -0.39 is 5.91 Å². The van der Waals surface area contributed by atoms with Crippen molar-refractivity contribution >= 4 is 44.0 Å². The Hall–Kier alpha value is -2.06. The van der Waals surface area contributed by atoms with Gasteiger partial charge in [0.05, 0.1) is 10.7 Å². The first-order chi connectivity index (χ1) is 11.0. The van der Waals surface area contributed by atoms with Gasteiger partial charge in [-0.2, -0.15) is 5.10 Å². The van der Waals surface area contributed by atoms with Gasteiger partial charge < -0.3 is 14.9 Å². The molecule has 0 aliphatic carbocycles. The van der Waals surface area contributed by atoms with E-state index >= 15 is 0 Å². The van der Waals surface area contributed by atoms with Gasteiger partial charge in [-0.05, 0) is 51.8 Å². The Bertz CT molecular complexity index is 727. The zero-order valence-corrected chi connectivity index (χ0v) is 14.8. The lowest BCUT2D eigenvalue weighted by Crippen LogP contribution is -2.24. The molecule has 2 aromatic carbocycles. The molecule has 0 aliphatic rings. The fourth-order valence-corrected chi connectivity index (χ4v) is 2.44. The Balaban J connectivity index is 1.86. The second kappa shape index (κ2) is 7.98. The number of hydrazone groups is 1. The van der Waals surface area contributed by atoms with Crippen molar-refractivity contribution < 1.29 is 19.7 Å². The van der Waals surface area contributed by atoms with E-state index in [1.165, 1.54) is 12.3 Å². The number of carbonyl (C=O) groups is 1. The molecule has 0 aromatic heterocycles. The van der Waals surface area contributed by atoms with Crippen LogP contribution in [-0.2, 0) is 4.79 Å². The van der Waals surface area contributed by atoms with Gasteiger partial charge in [0.15, 0.2) is 18.1 Å². The minimum atomic E-state index is -0.428. The molecule has 0 atom stereocenters. The van der Waals surface area contributed by atoms with Gasteiger partial charge in [-0.3, -0.25) is 4.79 Å². The molecule has 2 rings (SSSR count). The molecular weight excluding hydrogens is 432 g/mol. The highest BCUT2D eigenvalue weighted by Crippen LogP contribution is 2.33. The summed E-state index contributed by atoms with van der Waals surface area (Å²) in [5, 5.41) is 22.6. The topological polar surface area (TPSA) is 91.2 Å². The summed E-state index contributed by atoms with van der Waals surface area (Å²) in [6.07, 6.45) is 1.33. The predicted molar refractivity (Wildman–Crippen MR) is 92.8 cm³/mol. The molecule has 0 fully saturated rings. The smallest absolute Gasteiger partial charge is 0.277 e. The third kappa shape index (κ3) is 5.26. The SMILES string of the molecule is O=C(COc1cccc(Br)c1)N/N=C\c1cc(O)c(O)c(Br)c1. The fraction of sp³-hybridized carbons (Fsp3) is 0.0667. The van der Waals surface area contributed by atoms with Crippen molar-refractivity contribution in [3.63, 3.8) is 0 Å². The molecule has 0 spiro atoms. The molecule has 0 unspecified atom stereocenters. The summed E-state index contributed by atoms with van der Waals surface area (Å²) in [6, 6.07) is 9.98. The van der Waals surface area contributed by atoms with Gasteiger partial charge in [-0.15, -0.1) is 0 Å². The summed E-state index contributed by atoms with van der Waals surface area (Å²) in [6.45, 7) is -0.182. The highest BCUT2D eigenvalue weighted by atomic mass is 79.9. The molecule has 1 amide bonds. The van der Waals surface area contributed by atoms with E-state index in [4.69, 9.17) is 4.74 Å². The molecule has 2 aromatic rings. The Labute approximate surface area is 149 Å². The van der Waals surface area contributed by atoms with Crippen LogP contribution in [0.3, 0.4) is 0 Å². The average Bonchev–Trinajstić information content (AvgIpc) is 2.50. The van der Waals surface area contributed by atoms with E-state index in [2.05, 4.69) is 42.4 Å².